The van der Waals surface area contributed by atoms with Gasteiger partial charge in [0.1, 0.15) is 0 Å². The first-order valence-electron chi connectivity index (χ1n) is 10.7. The molecule has 1 N–H and O–H groups in total. The number of rotatable bonds is 4. The summed E-state index contributed by atoms with van der Waals surface area (Å²) in [4.78, 5) is 16.5. The number of halogens is 3. The van der Waals surface area contributed by atoms with Gasteiger partial charge in [0.2, 0.25) is 0 Å². The number of piperidine rings is 1. The predicted octanol–water partition coefficient (Wildman–Crippen LogP) is 4.58. The van der Waals surface area contributed by atoms with Crippen molar-refractivity contribution in [2.24, 2.45) is 11.3 Å². The van der Waals surface area contributed by atoms with Gasteiger partial charge < -0.3 is 19.9 Å². The molecule has 2 amide bonds. The molecule has 0 radical (unpaired) electrons. The zero-order valence-electron chi connectivity index (χ0n) is 18.2. The number of para-hydroxylation sites is 1. The average Bonchev–Trinajstić information content (AvgIpc) is 3.17. The highest BCUT2D eigenvalue weighted by atomic mass is 19.4. The van der Waals surface area contributed by atoms with Crippen LogP contribution in [0.4, 0.5) is 29.3 Å². The highest BCUT2D eigenvalue weighted by Gasteiger charge is 2.50. The van der Waals surface area contributed by atoms with E-state index in [4.69, 9.17) is 10.00 Å². The Morgan fingerprint density at radius 1 is 1.24 bits per heavy atom. The molecule has 0 saturated carbocycles. The molecule has 33 heavy (non-hydrogen) atoms. The summed E-state index contributed by atoms with van der Waals surface area (Å²) in [6.45, 7) is 2.52. The molecule has 2 unspecified atom stereocenters. The summed E-state index contributed by atoms with van der Waals surface area (Å²) in [6, 6.07) is 14.5. The maximum absolute atomic E-state index is 13.5. The van der Waals surface area contributed by atoms with Crippen LogP contribution in [0.15, 0.2) is 48.5 Å². The highest BCUT2D eigenvalue weighted by Crippen LogP contribution is 2.45. The van der Waals surface area contributed by atoms with Crippen molar-refractivity contribution < 1.29 is 22.7 Å². The van der Waals surface area contributed by atoms with Gasteiger partial charge in [-0.15, -0.1) is 0 Å². The number of ether oxygens (including phenoxy) is 1. The summed E-state index contributed by atoms with van der Waals surface area (Å²) in [6.07, 6.45) is -3.92. The van der Waals surface area contributed by atoms with Crippen molar-refractivity contribution in [3.05, 3.63) is 59.7 Å². The molecule has 2 aromatic rings. The van der Waals surface area contributed by atoms with E-state index in [0.717, 1.165) is 6.07 Å². The van der Waals surface area contributed by atoms with E-state index in [9.17, 15) is 18.0 Å². The molecule has 2 aliphatic rings. The second kappa shape index (κ2) is 8.94. The van der Waals surface area contributed by atoms with Gasteiger partial charge in [0, 0.05) is 56.0 Å². The fourth-order valence-electron chi connectivity index (χ4n) is 4.97. The van der Waals surface area contributed by atoms with Crippen molar-refractivity contribution in [1.82, 2.24) is 4.90 Å². The smallest absolute Gasteiger partial charge is 0.384 e. The van der Waals surface area contributed by atoms with Gasteiger partial charge in [0.25, 0.3) is 0 Å². The third-order valence-electron chi connectivity index (χ3n) is 6.67. The summed E-state index contributed by atoms with van der Waals surface area (Å²) >= 11 is 0. The number of anilines is 2. The molecule has 6 nitrogen and oxygen atoms in total. The minimum atomic E-state index is -4.61. The number of fused-ring (bicyclic) bond motifs is 1. The molecule has 9 heteroatoms. The lowest BCUT2D eigenvalue weighted by Gasteiger charge is -2.42. The van der Waals surface area contributed by atoms with Gasteiger partial charge in [-0.2, -0.15) is 18.4 Å². The number of nitrogens with one attached hydrogen (secondary N) is 1. The van der Waals surface area contributed by atoms with Crippen LogP contribution in [0.5, 0.6) is 0 Å². The topological polar surface area (TPSA) is 68.6 Å². The normalized spacial score (nSPS) is 22.6. The standard InChI is InChI=1S/C24H25F3N4O2/c1-33-16-23-9-10-30(22(32)29-19-5-3-2-4-6-19)13-18(23)14-31(15-23)20-8-7-17(12-28)21(11-20)24(25,26)27/h2-8,11,18H,9-10,13-16H2,1H3,(H,29,32). The SMILES string of the molecule is COCC12CCN(C(=O)Nc3ccccc3)CC1CN(c1ccc(C#N)c(C(F)(F)F)c1)C2. The number of amides is 2. The van der Waals surface area contributed by atoms with Gasteiger partial charge in [0.15, 0.2) is 0 Å². The summed E-state index contributed by atoms with van der Waals surface area (Å²) in [5.74, 6) is 0.0395. The lowest BCUT2D eigenvalue weighted by molar-refractivity contribution is -0.137. The first kappa shape index (κ1) is 22.9. The predicted molar refractivity (Wildman–Crippen MR) is 118 cm³/mol. The maximum atomic E-state index is 13.5. The molecule has 0 aromatic heterocycles. The molecule has 2 aliphatic heterocycles. The molecule has 4 rings (SSSR count). The van der Waals surface area contributed by atoms with Crippen molar-refractivity contribution in [2.75, 3.05) is 50.1 Å². The number of hydrogen-bond donors (Lipinski definition) is 1. The molecule has 2 fully saturated rings. The summed E-state index contributed by atoms with van der Waals surface area (Å²) in [5.41, 5.74) is -0.446. The van der Waals surface area contributed by atoms with Crippen molar-refractivity contribution in [3.63, 3.8) is 0 Å². The van der Waals surface area contributed by atoms with Crippen molar-refractivity contribution in [3.8, 4) is 6.07 Å². The van der Waals surface area contributed by atoms with Crippen LogP contribution < -0.4 is 10.2 Å². The van der Waals surface area contributed by atoms with Crippen LogP contribution in [0.2, 0.25) is 0 Å². The molecule has 2 aromatic carbocycles. The number of hydrogen-bond acceptors (Lipinski definition) is 4. The Labute approximate surface area is 190 Å². The van der Waals surface area contributed by atoms with E-state index in [1.807, 2.05) is 35.2 Å². The number of nitriles is 1. The van der Waals surface area contributed by atoms with Gasteiger partial charge in [-0.05, 0) is 36.8 Å². The molecule has 174 valence electrons. The van der Waals surface area contributed by atoms with Gasteiger partial charge in [-0.25, -0.2) is 4.79 Å². The number of methoxy groups -OCH3 is 1. The first-order valence-corrected chi connectivity index (χ1v) is 10.7. The van der Waals surface area contributed by atoms with Crippen LogP contribution in [-0.4, -0.2) is 50.8 Å². The number of alkyl halides is 3. The number of benzene rings is 2. The first-order chi connectivity index (χ1) is 15.8. The number of nitrogens with zero attached hydrogens (tertiary/aromatic N) is 3. The van der Waals surface area contributed by atoms with Gasteiger partial charge in [-0.1, -0.05) is 18.2 Å². The zero-order chi connectivity index (χ0) is 23.6. The van der Waals surface area contributed by atoms with E-state index >= 15 is 0 Å². The fraction of sp³-hybridized carbons (Fsp3) is 0.417. The molecule has 0 bridgehead atoms. The van der Waals surface area contributed by atoms with Gasteiger partial charge in [-0.3, -0.25) is 0 Å². The molecule has 0 spiro atoms. The highest BCUT2D eigenvalue weighted by molar-refractivity contribution is 5.89. The lowest BCUT2D eigenvalue weighted by Crippen LogP contribution is -2.51. The van der Waals surface area contributed by atoms with E-state index in [1.165, 1.54) is 6.07 Å². The van der Waals surface area contributed by atoms with E-state index in [0.29, 0.717) is 50.6 Å². The molecule has 2 heterocycles. The van der Waals surface area contributed by atoms with Crippen LogP contribution >= 0.6 is 0 Å². The largest absolute Gasteiger partial charge is 0.417 e. The molecular weight excluding hydrogens is 433 g/mol. The van der Waals surface area contributed by atoms with Crippen LogP contribution in [0.1, 0.15) is 17.5 Å². The summed E-state index contributed by atoms with van der Waals surface area (Å²) in [7, 11) is 1.62. The van der Waals surface area contributed by atoms with Crippen molar-refractivity contribution in [1.29, 1.82) is 5.26 Å². The summed E-state index contributed by atoms with van der Waals surface area (Å²) < 4.78 is 45.9. The van der Waals surface area contributed by atoms with Gasteiger partial charge in [0.05, 0.1) is 23.8 Å². The van der Waals surface area contributed by atoms with E-state index in [1.54, 1.807) is 24.1 Å². The quantitative estimate of drug-likeness (QED) is 0.728. The van der Waals surface area contributed by atoms with Crippen LogP contribution in [0, 0.1) is 22.7 Å². The van der Waals surface area contributed by atoms with Crippen LogP contribution in [-0.2, 0) is 10.9 Å². The average molecular weight is 458 g/mol. The Kier molecular flexibility index (Phi) is 6.21. The second-order valence-corrected chi connectivity index (χ2v) is 8.70. The monoisotopic (exact) mass is 458 g/mol. The summed E-state index contributed by atoms with van der Waals surface area (Å²) in [5, 5.41) is 12.0. The number of carbonyl (C=O) groups excluding carboxylic acids is 1. The molecule has 0 aliphatic carbocycles. The van der Waals surface area contributed by atoms with Crippen LogP contribution in [0.25, 0.3) is 0 Å². The Morgan fingerprint density at radius 2 is 2.00 bits per heavy atom. The lowest BCUT2D eigenvalue weighted by atomic mass is 9.73. The van der Waals surface area contributed by atoms with E-state index in [-0.39, 0.29) is 17.4 Å². The minimum absolute atomic E-state index is 0.0395. The Hall–Kier alpha value is -3.25. The van der Waals surface area contributed by atoms with Crippen molar-refractivity contribution in [2.45, 2.75) is 12.6 Å². The van der Waals surface area contributed by atoms with E-state index < -0.39 is 17.3 Å². The Balaban J connectivity index is 1.54. The van der Waals surface area contributed by atoms with E-state index in [2.05, 4.69) is 5.32 Å². The Morgan fingerprint density at radius 3 is 2.67 bits per heavy atom. The van der Waals surface area contributed by atoms with Gasteiger partial charge >= 0.3 is 12.2 Å². The fourth-order valence-corrected chi connectivity index (χ4v) is 4.97. The zero-order valence-corrected chi connectivity index (χ0v) is 18.2. The number of likely N-dealkylation sites (tertiary alicyclic amines) is 1. The van der Waals surface area contributed by atoms with Crippen molar-refractivity contribution >= 4 is 17.4 Å². The third-order valence-corrected chi connectivity index (χ3v) is 6.67. The maximum Gasteiger partial charge on any atom is 0.417 e. The Bertz CT molecular complexity index is 1050. The minimum Gasteiger partial charge on any atom is -0.384 e. The number of carbonyl (C=O) groups is 1. The molecule has 2 saturated heterocycles. The number of urea groups is 1. The third kappa shape index (κ3) is 4.62. The second-order valence-electron chi connectivity index (χ2n) is 8.70. The molecular formula is C24H25F3N4O2. The van der Waals surface area contributed by atoms with Crippen LogP contribution in [0.3, 0.4) is 0 Å². The molecule has 2 atom stereocenters.